The van der Waals surface area contributed by atoms with Crippen molar-refractivity contribution in [3.05, 3.63) is 33.4 Å². The molecule has 1 fully saturated rings. The first kappa shape index (κ1) is 17.2. The van der Waals surface area contributed by atoms with E-state index < -0.39 is 11.0 Å². The summed E-state index contributed by atoms with van der Waals surface area (Å²) in [5, 5.41) is 21.1. The summed E-state index contributed by atoms with van der Waals surface area (Å²) in [6.07, 6.45) is 3.28. The van der Waals surface area contributed by atoms with Gasteiger partial charge in [-0.3, -0.25) is 14.9 Å². The molecule has 1 aliphatic rings. The van der Waals surface area contributed by atoms with Crippen LogP contribution in [0.25, 0.3) is 0 Å². The first-order valence-electron chi connectivity index (χ1n) is 7.79. The molecule has 1 saturated carbocycles. The second-order valence-corrected chi connectivity index (χ2v) is 6.30. The highest BCUT2D eigenvalue weighted by molar-refractivity contribution is 6.01. The lowest BCUT2D eigenvalue weighted by molar-refractivity contribution is -0.384. The molecule has 7 nitrogen and oxygen atoms in total. The number of nitrogens with zero attached hydrogens (tertiary/aromatic N) is 2. The van der Waals surface area contributed by atoms with Gasteiger partial charge in [0, 0.05) is 25.6 Å². The molecular weight excluding hydrogens is 298 g/mol. The van der Waals surface area contributed by atoms with Crippen LogP contribution in [0.2, 0.25) is 0 Å². The predicted octanol–water partition coefficient (Wildman–Crippen LogP) is 2.11. The first-order chi connectivity index (χ1) is 10.8. The first-order valence-corrected chi connectivity index (χ1v) is 7.79. The maximum absolute atomic E-state index is 12.6. The number of rotatable bonds is 4. The third-order valence-corrected chi connectivity index (χ3v) is 4.45. The molecule has 1 aliphatic carbocycles. The molecule has 1 amide bonds. The standard InChI is InChI=1S/C16H23N3O4/c1-10-7-12(15(17)13(8-10)19(22)23)16(21)18(2)9-11-5-3-4-6-14(11)20/h7-8,11,14,20H,3-6,9,17H2,1-2H3. The molecule has 0 heterocycles. The molecule has 0 radical (unpaired) electrons. The number of aliphatic hydroxyl groups is 1. The Balaban J connectivity index is 2.20. The van der Waals surface area contributed by atoms with E-state index in [-0.39, 0.29) is 28.8 Å². The molecular formula is C16H23N3O4. The smallest absolute Gasteiger partial charge is 0.293 e. The second-order valence-electron chi connectivity index (χ2n) is 6.30. The maximum atomic E-state index is 12.6. The number of amides is 1. The fraction of sp³-hybridized carbons (Fsp3) is 0.562. The summed E-state index contributed by atoms with van der Waals surface area (Å²) in [7, 11) is 1.64. The van der Waals surface area contributed by atoms with Crippen molar-refractivity contribution in [2.24, 2.45) is 5.92 Å². The van der Waals surface area contributed by atoms with E-state index in [0.717, 1.165) is 25.7 Å². The zero-order valence-corrected chi connectivity index (χ0v) is 13.5. The SMILES string of the molecule is Cc1cc(C(=O)N(C)CC2CCCCC2O)c(N)c([N+](=O)[O-])c1. The van der Waals surface area contributed by atoms with E-state index in [9.17, 15) is 20.0 Å². The molecule has 0 saturated heterocycles. The maximum Gasteiger partial charge on any atom is 0.293 e. The van der Waals surface area contributed by atoms with Crippen LogP contribution in [0.15, 0.2) is 12.1 Å². The summed E-state index contributed by atoms with van der Waals surface area (Å²) in [4.78, 5) is 24.6. The van der Waals surface area contributed by atoms with Gasteiger partial charge in [0.25, 0.3) is 11.6 Å². The number of hydrogen-bond acceptors (Lipinski definition) is 5. The van der Waals surface area contributed by atoms with Crippen molar-refractivity contribution < 1.29 is 14.8 Å². The van der Waals surface area contributed by atoms with Gasteiger partial charge in [-0.1, -0.05) is 12.8 Å². The Morgan fingerprint density at radius 2 is 2.09 bits per heavy atom. The summed E-state index contributed by atoms with van der Waals surface area (Å²) in [5.41, 5.74) is 6.21. The second kappa shape index (κ2) is 6.95. The van der Waals surface area contributed by atoms with Crippen LogP contribution in [0.3, 0.4) is 0 Å². The highest BCUT2D eigenvalue weighted by Crippen LogP contribution is 2.29. The van der Waals surface area contributed by atoms with Gasteiger partial charge >= 0.3 is 0 Å². The fourth-order valence-electron chi connectivity index (χ4n) is 3.15. The van der Waals surface area contributed by atoms with E-state index in [1.807, 2.05) is 0 Å². The number of aryl methyl sites for hydroxylation is 1. The van der Waals surface area contributed by atoms with Gasteiger partial charge in [0.2, 0.25) is 0 Å². The summed E-state index contributed by atoms with van der Waals surface area (Å²) in [6, 6.07) is 2.93. The molecule has 126 valence electrons. The van der Waals surface area contributed by atoms with E-state index in [1.54, 1.807) is 20.0 Å². The predicted molar refractivity (Wildman–Crippen MR) is 87.2 cm³/mol. The number of carbonyl (C=O) groups excluding carboxylic acids is 1. The minimum atomic E-state index is -0.579. The van der Waals surface area contributed by atoms with E-state index in [2.05, 4.69) is 0 Å². The number of nitro groups is 1. The summed E-state index contributed by atoms with van der Waals surface area (Å²) < 4.78 is 0. The molecule has 0 aliphatic heterocycles. The number of carbonyl (C=O) groups is 1. The quantitative estimate of drug-likeness (QED) is 0.501. The molecule has 2 unspecified atom stereocenters. The van der Waals surface area contributed by atoms with E-state index in [1.165, 1.54) is 11.0 Å². The van der Waals surface area contributed by atoms with E-state index in [0.29, 0.717) is 12.1 Å². The van der Waals surface area contributed by atoms with Crippen molar-refractivity contribution >= 4 is 17.3 Å². The van der Waals surface area contributed by atoms with Gasteiger partial charge in [0.05, 0.1) is 16.6 Å². The topological polar surface area (TPSA) is 110 Å². The molecule has 0 bridgehead atoms. The van der Waals surface area contributed by atoms with Crippen molar-refractivity contribution in [3.63, 3.8) is 0 Å². The molecule has 1 aromatic carbocycles. The fourth-order valence-corrected chi connectivity index (χ4v) is 3.15. The third kappa shape index (κ3) is 3.79. The molecule has 23 heavy (non-hydrogen) atoms. The summed E-state index contributed by atoms with van der Waals surface area (Å²) in [6.45, 7) is 2.11. The lowest BCUT2D eigenvalue weighted by Gasteiger charge is -2.31. The molecule has 7 heteroatoms. The van der Waals surface area contributed by atoms with Gasteiger partial charge in [-0.2, -0.15) is 0 Å². The van der Waals surface area contributed by atoms with Crippen LogP contribution in [0.1, 0.15) is 41.6 Å². The average Bonchev–Trinajstić information content (AvgIpc) is 2.50. The van der Waals surface area contributed by atoms with Gasteiger partial charge in [-0.25, -0.2) is 0 Å². The Kier molecular flexibility index (Phi) is 5.20. The molecule has 2 rings (SSSR count). The molecule has 3 N–H and O–H groups in total. The van der Waals surface area contributed by atoms with Crippen LogP contribution in [0.4, 0.5) is 11.4 Å². The number of nitrogens with two attached hydrogens (primary N) is 1. The summed E-state index contributed by atoms with van der Waals surface area (Å²) in [5.74, 6) is -0.314. The van der Waals surface area contributed by atoms with E-state index >= 15 is 0 Å². The Morgan fingerprint density at radius 1 is 1.43 bits per heavy atom. The lowest BCUT2D eigenvalue weighted by atomic mass is 9.86. The van der Waals surface area contributed by atoms with Crippen LogP contribution < -0.4 is 5.73 Å². The highest BCUT2D eigenvalue weighted by Gasteiger charge is 2.28. The number of hydrogen-bond donors (Lipinski definition) is 2. The number of anilines is 1. The Morgan fingerprint density at radius 3 is 2.70 bits per heavy atom. The molecule has 0 aromatic heterocycles. The third-order valence-electron chi connectivity index (χ3n) is 4.45. The largest absolute Gasteiger partial charge is 0.393 e. The Hall–Kier alpha value is -2.15. The molecule has 2 atom stereocenters. The van der Waals surface area contributed by atoms with Crippen LogP contribution in [0.5, 0.6) is 0 Å². The minimum Gasteiger partial charge on any atom is -0.393 e. The van der Waals surface area contributed by atoms with Crippen LogP contribution in [-0.4, -0.2) is 40.5 Å². The zero-order valence-electron chi connectivity index (χ0n) is 13.5. The highest BCUT2D eigenvalue weighted by atomic mass is 16.6. The normalized spacial score (nSPS) is 21.0. The zero-order chi connectivity index (χ0) is 17.1. The van der Waals surface area contributed by atoms with Crippen molar-refractivity contribution in [3.8, 4) is 0 Å². The van der Waals surface area contributed by atoms with Gasteiger partial charge in [-0.05, 0) is 31.4 Å². The molecule has 1 aromatic rings. The van der Waals surface area contributed by atoms with Gasteiger partial charge in [0.15, 0.2) is 0 Å². The average molecular weight is 321 g/mol. The van der Waals surface area contributed by atoms with Crippen molar-refractivity contribution in [1.82, 2.24) is 4.90 Å². The van der Waals surface area contributed by atoms with Gasteiger partial charge in [-0.15, -0.1) is 0 Å². The number of aliphatic hydroxyl groups excluding tert-OH is 1. The lowest BCUT2D eigenvalue weighted by Crippen LogP contribution is -2.38. The Labute approximate surface area is 135 Å². The van der Waals surface area contributed by atoms with Gasteiger partial charge < -0.3 is 15.7 Å². The number of nitro benzene ring substituents is 1. The van der Waals surface area contributed by atoms with Crippen molar-refractivity contribution in [2.45, 2.75) is 38.7 Å². The van der Waals surface area contributed by atoms with Crippen LogP contribution in [0, 0.1) is 23.0 Å². The monoisotopic (exact) mass is 321 g/mol. The minimum absolute atomic E-state index is 0.0405. The Bertz CT molecular complexity index is 618. The van der Waals surface area contributed by atoms with E-state index in [4.69, 9.17) is 5.73 Å². The summed E-state index contributed by atoms with van der Waals surface area (Å²) >= 11 is 0. The van der Waals surface area contributed by atoms with Crippen molar-refractivity contribution in [2.75, 3.05) is 19.3 Å². The molecule has 0 spiro atoms. The van der Waals surface area contributed by atoms with Crippen molar-refractivity contribution in [1.29, 1.82) is 0 Å². The number of nitrogen functional groups attached to an aromatic ring is 1. The number of benzene rings is 1. The van der Waals surface area contributed by atoms with Crippen LogP contribution in [-0.2, 0) is 0 Å². The van der Waals surface area contributed by atoms with Crippen LogP contribution >= 0.6 is 0 Å². The van der Waals surface area contributed by atoms with Gasteiger partial charge in [0.1, 0.15) is 5.69 Å².